The van der Waals surface area contributed by atoms with Crippen molar-refractivity contribution in [2.24, 2.45) is 0 Å². The number of carbonyl (C=O) groups excluding carboxylic acids is 2. The Kier molecular flexibility index (Phi) is 7.05. The topological polar surface area (TPSA) is 83.6 Å². The fourth-order valence-corrected chi connectivity index (χ4v) is 4.74. The summed E-state index contributed by atoms with van der Waals surface area (Å²) in [6.07, 6.45) is 1.37. The van der Waals surface area contributed by atoms with E-state index in [1.807, 2.05) is 0 Å². The molecule has 6 nitrogen and oxygen atoms in total. The molecule has 8 heteroatoms. The van der Waals surface area contributed by atoms with Crippen molar-refractivity contribution in [1.29, 1.82) is 0 Å². The number of hydrogen-bond donors (Lipinski definition) is 1. The number of ketones is 1. The highest BCUT2D eigenvalue weighted by atomic mass is 35.5. The van der Waals surface area contributed by atoms with E-state index >= 15 is 0 Å². The lowest BCUT2D eigenvalue weighted by Crippen LogP contribution is -2.46. The summed E-state index contributed by atoms with van der Waals surface area (Å²) in [5, 5.41) is 0.559. The van der Waals surface area contributed by atoms with Gasteiger partial charge >= 0.3 is 0 Å². The second-order valence-corrected chi connectivity index (χ2v) is 9.17. The first-order valence-electron chi connectivity index (χ1n) is 9.49. The number of likely N-dealkylation sites (tertiary alicyclic amines) is 1. The monoisotopic (exact) mass is 434 g/mol. The number of rotatable bonds is 7. The molecule has 1 amide bonds. The second kappa shape index (κ2) is 9.52. The van der Waals surface area contributed by atoms with Crippen molar-refractivity contribution in [3.05, 3.63) is 65.2 Å². The summed E-state index contributed by atoms with van der Waals surface area (Å²) in [5.74, 6) is -0.183. The number of hydrogen-bond acceptors (Lipinski definition) is 4. The Bertz CT molecular complexity index is 954. The summed E-state index contributed by atoms with van der Waals surface area (Å²) in [6, 6.07) is 14.6. The maximum Gasteiger partial charge on any atom is 0.240 e. The SMILES string of the molecule is O=C(CCC(=O)N1CCC(NS(=O)(=O)c2ccccc2)CC1)c1ccc(Cl)cc1. The van der Waals surface area contributed by atoms with Crippen LogP contribution in [0.25, 0.3) is 0 Å². The molecule has 1 aliphatic rings. The molecule has 1 fully saturated rings. The van der Waals surface area contributed by atoms with E-state index in [0.29, 0.717) is 36.5 Å². The van der Waals surface area contributed by atoms with Crippen molar-refractivity contribution in [3.8, 4) is 0 Å². The van der Waals surface area contributed by atoms with Gasteiger partial charge in [0.05, 0.1) is 4.90 Å². The van der Waals surface area contributed by atoms with Crippen LogP contribution in [0.15, 0.2) is 59.5 Å². The van der Waals surface area contributed by atoms with E-state index in [0.717, 1.165) is 0 Å². The summed E-state index contributed by atoms with van der Waals surface area (Å²) in [6.45, 7) is 0.936. The van der Waals surface area contributed by atoms with Gasteiger partial charge in [-0.15, -0.1) is 0 Å². The quantitative estimate of drug-likeness (QED) is 0.678. The van der Waals surface area contributed by atoms with E-state index < -0.39 is 10.0 Å². The molecule has 0 aliphatic carbocycles. The molecule has 2 aromatic carbocycles. The number of nitrogens with one attached hydrogen (secondary N) is 1. The summed E-state index contributed by atoms with van der Waals surface area (Å²) < 4.78 is 27.5. The van der Waals surface area contributed by atoms with Crippen LogP contribution in [-0.2, 0) is 14.8 Å². The normalized spacial score (nSPS) is 15.3. The Morgan fingerprint density at radius 1 is 0.966 bits per heavy atom. The van der Waals surface area contributed by atoms with Crippen LogP contribution < -0.4 is 4.72 Å². The van der Waals surface area contributed by atoms with Crippen LogP contribution in [0.1, 0.15) is 36.0 Å². The first kappa shape index (κ1) is 21.5. The zero-order chi connectivity index (χ0) is 20.9. The minimum absolute atomic E-state index is 0.0864. The minimum atomic E-state index is -3.56. The van der Waals surface area contributed by atoms with Gasteiger partial charge in [-0.25, -0.2) is 13.1 Å². The van der Waals surface area contributed by atoms with Crippen molar-refractivity contribution in [3.63, 3.8) is 0 Å². The zero-order valence-electron chi connectivity index (χ0n) is 15.9. The lowest BCUT2D eigenvalue weighted by molar-refractivity contribution is -0.132. The Morgan fingerprint density at radius 3 is 2.21 bits per heavy atom. The predicted octanol–water partition coefficient (Wildman–Crippen LogP) is 3.27. The van der Waals surface area contributed by atoms with Crippen LogP contribution in [-0.4, -0.2) is 44.1 Å². The highest BCUT2D eigenvalue weighted by Gasteiger charge is 2.26. The maximum atomic E-state index is 12.4. The molecule has 0 unspecified atom stereocenters. The summed E-state index contributed by atoms with van der Waals surface area (Å²) >= 11 is 5.82. The number of nitrogens with zero attached hydrogens (tertiary/aromatic N) is 1. The van der Waals surface area contributed by atoms with Gasteiger partial charge in [0.15, 0.2) is 5.78 Å². The van der Waals surface area contributed by atoms with Gasteiger partial charge < -0.3 is 4.90 Å². The molecular formula is C21H23ClN2O4S. The standard InChI is InChI=1S/C21H23ClN2O4S/c22-17-8-6-16(7-9-17)20(25)10-11-21(26)24-14-12-18(13-15-24)23-29(27,28)19-4-2-1-3-5-19/h1-9,18,23H,10-15H2. The minimum Gasteiger partial charge on any atom is -0.343 e. The Balaban J connectivity index is 1.46. The Hall–Kier alpha value is -2.22. The fraction of sp³-hybridized carbons (Fsp3) is 0.333. The molecule has 0 saturated carbocycles. The smallest absolute Gasteiger partial charge is 0.240 e. The largest absolute Gasteiger partial charge is 0.343 e. The molecule has 1 N–H and O–H groups in total. The average molecular weight is 435 g/mol. The first-order valence-corrected chi connectivity index (χ1v) is 11.4. The van der Waals surface area contributed by atoms with E-state index in [1.165, 1.54) is 0 Å². The number of piperidine rings is 1. The average Bonchev–Trinajstić information content (AvgIpc) is 2.73. The van der Waals surface area contributed by atoms with E-state index in [1.54, 1.807) is 59.5 Å². The van der Waals surface area contributed by atoms with Crippen LogP contribution >= 0.6 is 11.6 Å². The number of carbonyl (C=O) groups is 2. The molecular weight excluding hydrogens is 412 g/mol. The fourth-order valence-electron chi connectivity index (χ4n) is 3.29. The molecule has 2 aromatic rings. The number of amides is 1. The van der Waals surface area contributed by atoms with Crippen LogP contribution in [0, 0.1) is 0 Å². The van der Waals surface area contributed by atoms with E-state index in [-0.39, 0.29) is 35.5 Å². The second-order valence-electron chi connectivity index (χ2n) is 7.02. The third-order valence-corrected chi connectivity index (χ3v) is 6.74. The van der Waals surface area contributed by atoms with Crippen LogP contribution in [0.2, 0.25) is 5.02 Å². The first-order chi connectivity index (χ1) is 13.8. The lowest BCUT2D eigenvalue weighted by Gasteiger charge is -2.32. The molecule has 29 heavy (non-hydrogen) atoms. The van der Waals surface area contributed by atoms with Crippen molar-refractivity contribution < 1.29 is 18.0 Å². The third-order valence-electron chi connectivity index (χ3n) is 4.96. The van der Waals surface area contributed by atoms with Gasteiger partial charge in [-0.3, -0.25) is 9.59 Å². The third kappa shape index (κ3) is 5.88. The predicted molar refractivity (Wildman–Crippen MR) is 111 cm³/mol. The van der Waals surface area contributed by atoms with Gasteiger partial charge in [0.2, 0.25) is 15.9 Å². The summed E-state index contributed by atoms with van der Waals surface area (Å²) in [5.41, 5.74) is 0.538. The maximum absolute atomic E-state index is 12.4. The van der Waals surface area contributed by atoms with E-state index in [4.69, 9.17) is 11.6 Å². The molecule has 3 rings (SSSR count). The van der Waals surface area contributed by atoms with Gasteiger partial charge in [0.1, 0.15) is 0 Å². The summed E-state index contributed by atoms with van der Waals surface area (Å²) in [7, 11) is -3.56. The summed E-state index contributed by atoms with van der Waals surface area (Å²) in [4.78, 5) is 26.5. The van der Waals surface area contributed by atoms with Crippen molar-refractivity contribution >= 4 is 33.3 Å². The molecule has 0 radical (unpaired) electrons. The van der Waals surface area contributed by atoms with Gasteiger partial charge in [-0.2, -0.15) is 0 Å². The Morgan fingerprint density at radius 2 is 1.59 bits per heavy atom. The highest BCUT2D eigenvalue weighted by Crippen LogP contribution is 2.17. The van der Waals surface area contributed by atoms with Crippen molar-refractivity contribution in [1.82, 2.24) is 9.62 Å². The van der Waals surface area contributed by atoms with E-state index in [9.17, 15) is 18.0 Å². The number of benzene rings is 2. The molecule has 0 spiro atoms. The lowest BCUT2D eigenvalue weighted by atomic mass is 10.0. The van der Waals surface area contributed by atoms with Crippen LogP contribution in [0.3, 0.4) is 0 Å². The van der Waals surface area contributed by atoms with Gasteiger partial charge in [0, 0.05) is 42.6 Å². The Labute approximate surface area is 175 Å². The van der Waals surface area contributed by atoms with Crippen molar-refractivity contribution in [2.75, 3.05) is 13.1 Å². The van der Waals surface area contributed by atoms with Gasteiger partial charge in [-0.1, -0.05) is 29.8 Å². The zero-order valence-corrected chi connectivity index (χ0v) is 17.5. The molecule has 0 bridgehead atoms. The van der Waals surface area contributed by atoms with E-state index in [2.05, 4.69) is 4.72 Å². The highest BCUT2D eigenvalue weighted by molar-refractivity contribution is 7.89. The molecule has 1 heterocycles. The number of Topliss-reactive ketones (excluding diaryl/α,β-unsaturated/α-hetero) is 1. The molecule has 0 atom stereocenters. The van der Waals surface area contributed by atoms with Gasteiger partial charge in [0.25, 0.3) is 0 Å². The number of halogens is 1. The number of sulfonamides is 1. The molecule has 1 saturated heterocycles. The van der Waals surface area contributed by atoms with Crippen molar-refractivity contribution in [2.45, 2.75) is 36.6 Å². The molecule has 0 aromatic heterocycles. The van der Waals surface area contributed by atoms with Crippen LogP contribution in [0.4, 0.5) is 0 Å². The van der Waals surface area contributed by atoms with Gasteiger partial charge in [-0.05, 0) is 49.2 Å². The van der Waals surface area contributed by atoms with Crippen LogP contribution in [0.5, 0.6) is 0 Å². The molecule has 1 aliphatic heterocycles. The molecule has 154 valence electrons.